The highest BCUT2D eigenvalue weighted by Gasteiger charge is 2.31. The molecule has 25 heavy (non-hydrogen) atoms. The van der Waals surface area contributed by atoms with E-state index in [2.05, 4.69) is 5.32 Å². The third-order valence-electron chi connectivity index (χ3n) is 3.94. The zero-order valence-corrected chi connectivity index (χ0v) is 14.6. The van der Waals surface area contributed by atoms with Crippen molar-refractivity contribution in [3.63, 3.8) is 0 Å². The molecule has 0 aliphatic carbocycles. The third-order valence-corrected chi connectivity index (χ3v) is 4.30. The molecule has 1 atom stereocenters. The number of thiocarbonyl (C=S) groups is 1. The van der Waals surface area contributed by atoms with Gasteiger partial charge in [-0.25, -0.2) is 0 Å². The quantitative estimate of drug-likeness (QED) is 0.813. The van der Waals surface area contributed by atoms with E-state index in [0.717, 1.165) is 17.0 Å². The number of nitrogens with one attached hydrogen (secondary N) is 1. The number of para-hydroxylation sites is 2. The first-order chi connectivity index (χ1) is 12.1. The SMILES string of the molecule is COc1ccc(CNC(=S)N2CC(C(N)=O)Oc3ccccc32)cc1. The first kappa shape index (κ1) is 17.0. The van der Waals surface area contributed by atoms with Gasteiger partial charge in [-0.2, -0.15) is 0 Å². The van der Waals surface area contributed by atoms with Gasteiger partial charge < -0.3 is 25.4 Å². The van der Waals surface area contributed by atoms with Crippen LogP contribution in [0.1, 0.15) is 5.56 Å². The number of amides is 1. The van der Waals surface area contributed by atoms with Crippen LogP contribution < -0.4 is 25.4 Å². The van der Waals surface area contributed by atoms with E-state index in [4.69, 9.17) is 27.4 Å². The summed E-state index contributed by atoms with van der Waals surface area (Å²) in [5.41, 5.74) is 7.29. The average Bonchev–Trinajstić information content (AvgIpc) is 2.65. The zero-order chi connectivity index (χ0) is 17.8. The molecule has 1 aliphatic rings. The van der Waals surface area contributed by atoms with Crippen molar-refractivity contribution in [2.75, 3.05) is 18.6 Å². The maximum absolute atomic E-state index is 11.6. The summed E-state index contributed by atoms with van der Waals surface area (Å²) in [4.78, 5) is 13.4. The van der Waals surface area contributed by atoms with Gasteiger partial charge in [-0.15, -0.1) is 0 Å². The van der Waals surface area contributed by atoms with E-state index >= 15 is 0 Å². The minimum absolute atomic E-state index is 0.279. The average molecular weight is 357 g/mol. The highest BCUT2D eigenvalue weighted by molar-refractivity contribution is 7.80. The molecule has 6 nitrogen and oxygen atoms in total. The molecular formula is C18H19N3O3S. The fraction of sp³-hybridized carbons (Fsp3) is 0.222. The third kappa shape index (κ3) is 3.83. The molecule has 1 unspecified atom stereocenters. The Kier molecular flexibility index (Phi) is 5.04. The maximum Gasteiger partial charge on any atom is 0.260 e. The van der Waals surface area contributed by atoms with Crippen molar-refractivity contribution in [1.29, 1.82) is 0 Å². The fourth-order valence-corrected chi connectivity index (χ4v) is 2.84. The topological polar surface area (TPSA) is 76.8 Å². The molecule has 0 aromatic heterocycles. The van der Waals surface area contributed by atoms with Crippen molar-refractivity contribution in [3.05, 3.63) is 54.1 Å². The van der Waals surface area contributed by atoms with Gasteiger partial charge in [-0.3, -0.25) is 4.79 Å². The van der Waals surface area contributed by atoms with Gasteiger partial charge in [0.05, 0.1) is 19.3 Å². The van der Waals surface area contributed by atoms with Crippen LogP contribution in [-0.4, -0.2) is 30.8 Å². The summed E-state index contributed by atoms with van der Waals surface area (Å²) in [5.74, 6) is 0.876. The molecule has 0 fully saturated rings. The summed E-state index contributed by atoms with van der Waals surface area (Å²) in [6.07, 6.45) is -0.740. The van der Waals surface area contributed by atoms with Crippen molar-refractivity contribution >= 4 is 28.9 Å². The number of nitrogens with two attached hydrogens (primary N) is 1. The van der Waals surface area contributed by atoms with E-state index in [-0.39, 0.29) is 6.54 Å². The number of benzene rings is 2. The summed E-state index contributed by atoms with van der Waals surface area (Å²) in [7, 11) is 1.63. The van der Waals surface area contributed by atoms with Crippen LogP contribution in [0.15, 0.2) is 48.5 Å². The second kappa shape index (κ2) is 7.40. The number of hydrogen-bond acceptors (Lipinski definition) is 4. The summed E-state index contributed by atoms with van der Waals surface area (Å²) >= 11 is 5.52. The number of nitrogens with zero attached hydrogens (tertiary/aromatic N) is 1. The predicted octanol–water partition coefficient (Wildman–Crippen LogP) is 1.82. The largest absolute Gasteiger partial charge is 0.497 e. The van der Waals surface area contributed by atoms with Gasteiger partial charge in [0.25, 0.3) is 5.91 Å². The maximum atomic E-state index is 11.6. The number of rotatable bonds is 4. The van der Waals surface area contributed by atoms with Crippen LogP contribution in [0.25, 0.3) is 0 Å². The summed E-state index contributed by atoms with van der Waals surface area (Å²) in [5, 5.41) is 3.73. The molecular weight excluding hydrogens is 338 g/mol. The highest BCUT2D eigenvalue weighted by atomic mass is 32.1. The monoisotopic (exact) mass is 357 g/mol. The first-order valence-corrected chi connectivity index (χ1v) is 8.22. The Morgan fingerprint density at radius 2 is 2.04 bits per heavy atom. The Balaban J connectivity index is 1.72. The number of primary amides is 1. The van der Waals surface area contributed by atoms with E-state index in [9.17, 15) is 4.79 Å². The second-order valence-electron chi connectivity index (χ2n) is 5.59. The Hall–Kier alpha value is -2.80. The van der Waals surface area contributed by atoms with Crippen molar-refractivity contribution in [1.82, 2.24) is 5.32 Å². The number of anilines is 1. The van der Waals surface area contributed by atoms with Crippen LogP contribution in [0.3, 0.4) is 0 Å². The van der Waals surface area contributed by atoms with Gasteiger partial charge >= 0.3 is 0 Å². The molecule has 3 N–H and O–H groups in total. The van der Waals surface area contributed by atoms with Crippen LogP contribution in [0.2, 0.25) is 0 Å². The number of ether oxygens (including phenoxy) is 2. The standard InChI is InChI=1S/C18H19N3O3S/c1-23-13-8-6-12(7-9-13)10-20-18(25)21-11-16(17(19)22)24-15-5-3-2-4-14(15)21/h2-9,16H,10-11H2,1H3,(H2,19,22)(H,20,25). The minimum Gasteiger partial charge on any atom is -0.497 e. The van der Waals surface area contributed by atoms with Crippen LogP contribution in [-0.2, 0) is 11.3 Å². The lowest BCUT2D eigenvalue weighted by molar-refractivity contribution is -0.124. The minimum atomic E-state index is -0.740. The van der Waals surface area contributed by atoms with E-state index in [1.165, 1.54) is 0 Å². The molecule has 0 spiro atoms. The second-order valence-corrected chi connectivity index (χ2v) is 5.98. The Labute approximate surface area is 151 Å². The fourth-order valence-electron chi connectivity index (χ4n) is 2.59. The van der Waals surface area contributed by atoms with Gasteiger partial charge in [-0.05, 0) is 42.0 Å². The summed E-state index contributed by atoms with van der Waals surface area (Å²) < 4.78 is 10.8. The molecule has 0 bridgehead atoms. The number of carbonyl (C=O) groups excluding carboxylic acids is 1. The Bertz CT molecular complexity index is 779. The first-order valence-electron chi connectivity index (χ1n) is 7.82. The molecule has 3 rings (SSSR count). The molecule has 0 saturated heterocycles. The lowest BCUT2D eigenvalue weighted by Gasteiger charge is -2.35. The molecule has 2 aromatic rings. The number of methoxy groups -OCH3 is 1. The lowest BCUT2D eigenvalue weighted by Crippen LogP contribution is -2.51. The lowest BCUT2D eigenvalue weighted by atomic mass is 10.2. The van der Waals surface area contributed by atoms with Crippen LogP contribution in [0.5, 0.6) is 11.5 Å². The van der Waals surface area contributed by atoms with E-state index in [1.54, 1.807) is 13.2 Å². The van der Waals surface area contributed by atoms with Gasteiger partial charge in [0, 0.05) is 6.54 Å². The van der Waals surface area contributed by atoms with Crippen molar-refractivity contribution in [2.24, 2.45) is 5.73 Å². The van der Waals surface area contributed by atoms with Gasteiger partial charge in [0.15, 0.2) is 11.2 Å². The highest BCUT2D eigenvalue weighted by Crippen LogP contribution is 2.33. The van der Waals surface area contributed by atoms with Crippen LogP contribution in [0.4, 0.5) is 5.69 Å². The molecule has 0 radical (unpaired) electrons. The smallest absolute Gasteiger partial charge is 0.260 e. The zero-order valence-electron chi connectivity index (χ0n) is 13.8. The van der Waals surface area contributed by atoms with Crippen molar-refractivity contribution < 1.29 is 14.3 Å². The summed E-state index contributed by atoms with van der Waals surface area (Å²) in [6, 6.07) is 15.2. The Morgan fingerprint density at radius 1 is 1.32 bits per heavy atom. The molecule has 0 saturated carbocycles. The van der Waals surface area contributed by atoms with Gasteiger partial charge in [-0.1, -0.05) is 24.3 Å². The van der Waals surface area contributed by atoms with Gasteiger partial charge in [0.1, 0.15) is 11.5 Å². The van der Waals surface area contributed by atoms with Crippen LogP contribution in [0, 0.1) is 0 Å². The number of hydrogen-bond donors (Lipinski definition) is 2. The Morgan fingerprint density at radius 3 is 2.72 bits per heavy atom. The van der Waals surface area contributed by atoms with Gasteiger partial charge in [0.2, 0.25) is 0 Å². The summed E-state index contributed by atoms with van der Waals surface area (Å²) in [6.45, 7) is 0.838. The van der Waals surface area contributed by atoms with E-state index < -0.39 is 12.0 Å². The molecule has 1 aliphatic heterocycles. The van der Waals surface area contributed by atoms with Crippen molar-refractivity contribution in [3.8, 4) is 11.5 Å². The predicted molar refractivity (Wildman–Crippen MR) is 99.8 cm³/mol. The molecule has 1 heterocycles. The van der Waals surface area contributed by atoms with E-state index in [1.807, 2.05) is 47.4 Å². The molecule has 130 valence electrons. The van der Waals surface area contributed by atoms with E-state index in [0.29, 0.717) is 17.4 Å². The molecule has 1 amide bonds. The normalized spacial score (nSPS) is 15.7. The molecule has 7 heteroatoms. The number of fused-ring (bicyclic) bond motifs is 1. The van der Waals surface area contributed by atoms with Crippen molar-refractivity contribution in [2.45, 2.75) is 12.6 Å². The van der Waals surface area contributed by atoms with Crippen LogP contribution >= 0.6 is 12.2 Å². The molecule has 2 aromatic carbocycles. The number of carbonyl (C=O) groups is 1.